The molecule has 2 heterocycles. The highest BCUT2D eigenvalue weighted by molar-refractivity contribution is 6.31. The fourth-order valence-corrected chi connectivity index (χ4v) is 2.23. The van der Waals surface area contributed by atoms with Crippen molar-refractivity contribution in [2.75, 3.05) is 5.73 Å². The summed E-state index contributed by atoms with van der Waals surface area (Å²) in [6, 6.07) is 7.89. The van der Waals surface area contributed by atoms with Gasteiger partial charge in [-0.1, -0.05) is 17.7 Å². The van der Waals surface area contributed by atoms with E-state index >= 15 is 0 Å². The van der Waals surface area contributed by atoms with E-state index in [4.69, 9.17) is 17.3 Å². The van der Waals surface area contributed by atoms with E-state index in [0.717, 1.165) is 38.7 Å². The van der Waals surface area contributed by atoms with Gasteiger partial charge in [-0.2, -0.15) is 0 Å². The van der Waals surface area contributed by atoms with Gasteiger partial charge >= 0.3 is 0 Å². The molecule has 2 N–H and O–H groups in total. The molecule has 3 rings (SSSR count). The molecule has 0 radical (unpaired) electrons. The number of imidazole rings is 1. The molecular weight excluding hydrogens is 258 g/mol. The second kappa shape index (κ2) is 4.28. The Bertz CT molecular complexity index is 774. The van der Waals surface area contributed by atoms with Crippen molar-refractivity contribution in [2.45, 2.75) is 13.8 Å². The molecule has 0 aliphatic carbocycles. The first kappa shape index (κ1) is 12.1. The Balaban J connectivity index is 2.20. The molecule has 0 fully saturated rings. The second-order valence-corrected chi connectivity index (χ2v) is 5.14. The van der Waals surface area contributed by atoms with Gasteiger partial charge in [0.25, 0.3) is 0 Å². The summed E-state index contributed by atoms with van der Waals surface area (Å²) in [4.78, 5) is 4.61. The summed E-state index contributed by atoms with van der Waals surface area (Å²) in [5.74, 6) is 0. The summed E-state index contributed by atoms with van der Waals surface area (Å²) in [5, 5.41) is 0.767. The van der Waals surface area contributed by atoms with Crippen LogP contribution in [-0.2, 0) is 0 Å². The quantitative estimate of drug-likeness (QED) is 0.730. The molecule has 0 bridgehead atoms. The molecule has 1 aromatic carbocycles. The molecule has 0 spiro atoms. The lowest BCUT2D eigenvalue weighted by Crippen LogP contribution is -1.94. The number of benzene rings is 1. The molecule has 4 heteroatoms. The zero-order chi connectivity index (χ0) is 13.6. The molecule has 0 aliphatic rings. The predicted molar refractivity (Wildman–Crippen MR) is 79.5 cm³/mol. The van der Waals surface area contributed by atoms with E-state index < -0.39 is 0 Å². The first-order valence-electron chi connectivity index (χ1n) is 6.06. The summed E-state index contributed by atoms with van der Waals surface area (Å²) in [7, 11) is 0. The van der Waals surface area contributed by atoms with Crippen LogP contribution < -0.4 is 5.73 Å². The third-order valence-corrected chi connectivity index (χ3v) is 3.76. The van der Waals surface area contributed by atoms with Gasteiger partial charge in [-0.3, -0.25) is 0 Å². The van der Waals surface area contributed by atoms with Crippen LogP contribution in [-0.4, -0.2) is 9.38 Å². The number of pyridine rings is 1. The molecule has 0 aliphatic heterocycles. The van der Waals surface area contributed by atoms with Crippen molar-refractivity contribution in [3.8, 4) is 11.3 Å². The van der Waals surface area contributed by atoms with Gasteiger partial charge in [0.1, 0.15) is 0 Å². The van der Waals surface area contributed by atoms with Gasteiger partial charge in [0.05, 0.1) is 11.4 Å². The SMILES string of the molecule is Cc1cc(-c2cn3ccc(C)c(N)c3n2)ccc1Cl. The number of rotatable bonds is 1. The summed E-state index contributed by atoms with van der Waals surface area (Å²) in [6.45, 7) is 3.97. The highest BCUT2D eigenvalue weighted by atomic mass is 35.5. The highest BCUT2D eigenvalue weighted by Crippen LogP contribution is 2.26. The number of aromatic nitrogens is 2. The Hall–Kier alpha value is -2.00. The fraction of sp³-hybridized carbons (Fsp3) is 0.133. The van der Waals surface area contributed by atoms with Gasteiger partial charge in [-0.15, -0.1) is 0 Å². The molecule has 2 aromatic heterocycles. The third kappa shape index (κ3) is 1.96. The first-order chi connectivity index (χ1) is 9.06. The molecule has 3 aromatic rings. The van der Waals surface area contributed by atoms with Gasteiger partial charge in [-0.05, 0) is 43.2 Å². The monoisotopic (exact) mass is 271 g/mol. The molecule has 96 valence electrons. The van der Waals surface area contributed by atoms with Crippen molar-refractivity contribution < 1.29 is 0 Å². The van der Waals surface area contributed by atoms with Crippen molar-refractivity contribution in [1.82, 2.24) is 9.38 Å². The Morgan fingerprint density at radius 3 is 2.68 bits per heavy atom. The van der Waals surface area contributed by atoms with Gasteiger partial charge in [0, 0.05) is 23.0 Å². The van der Waals surface area contributed by atoms with Crippen LogP contribution in [0.1, 0.15) is 11.1 Å². The Morgan fingerprint density at radius 2 is 1.95 bits per heavy atom. The smallest absolute Gasteiger partial charge is 0.160 e. The number of aryl methyl sites for hydroxylation is 2. The van der Waals surface area contributed by atoms with Crippen LogP contribution in [0.15, 0.2) is 36.7 Å². The maximum atomic E-state index is 6.06. The van der Waals surface area contributed by atoms with E-state index in [9.17, 15) is 0 Å². The number of hydrogen-bond acceptors (Lipinski definition) is 2. The number of nitrogens with two attached hydrogens (primary N) is 1. The number of hydrogen-bond donors (Lipinski definition) is 1. The number of nitrogens with zero attached hydrogens (tertiary/aromatic N) is 2. The van der Waals surface area contributed by atoms with Crippen LogP contribution in [0.2, 0.25) is 5.02 Å². The first-order valence-corrected chi connectivity index (χ1v) is 6.44. The van der Waals surface area contributed by atoms with Crippen molar-refractivity contribution in [3.63, 3.8) is 0 Å². The maximum absolute atomic E-state index is 6.06. The van der Waals surface area contributed by atoms with E-state index in [1.165, 1.54) is 0 Å². The number of anilines is 1. The summed E-state index contributed by atoms with van der Waals surface area (Å²) in [6.07, 6.45) is 3.95. The number of nitrogen functional groups attached to an aromatic ring is 1. The van der Waals surface area contributed by atoms with Crippen molar-refractivity contribution in [3.05, 3.63) is 52.8 Å². The van der Waals surface area contributed by atoms with Gasteiger partial charge in [0.2, 0.25) is 0 Å². The van der Waals surface area contributed by atoms with E-state index in [0.29, 0.717) is 0 Å². The number of fused-ring (bicyclic) bond motifs is 1. The third-order valence-electron chi connectivity index (χ3n) is 3.34. The molecule has 0 atom stereocenters. The van der Waals surface area contributed by atoms with Gasteiger partial charge in [-0.25, -0.2) is 4.98 Å². The van der Waals surface area contributed by atoms with Crippen LogP contribution in [0.3, 0.4) is 0 Å². The molecule has 0 unspecified atom stereocenters. The van der Waals surface area contributed by atoms with Crippen LogP contribution in [0, 0.1) is 13.8 Å². The molecular formula is C15H14ClN3. The Kier molecular flexibility index (Phi) is 2.72. The average Bonchev–Trinajstić information content (AvgIpc) is 2.82. The van der Waals surface area contributed by atoms with E-state index in [1.807, 2.05) is 54.9 Å². The topological polar surface area (TPSA) is 43.3 Å². The van der Waals surface area contributed by atoms with Gasteiger partial charge in [0.15, 0.2) is 5.65 Å². The highest BCUT2D eigenvalue weighted by Gasteiger charge is 2.09. The molecule has 0 saturated carbocycles. The van der Waals surface area contributed by atoms with Crippen molar-refractivity contribution >= 4 is 22.9 Å². The zero-order valence-corrected chi connectivity index (χ0v) is 11.6. The van der Waals surface area contributed by atoms with Crippen LogP contribution in [0.4, 0.5) is 5.69 Å². The zero-order valence-electron chi connectivity index (χ0n) is 10.8. The maximum Gasteiger partial charge on any atom is 0.160 e. The van der Waals surface area contributed by atoms with Crippen molar-refractivity contribution in [2.24, 2.45) is 0 Å². The lowest BCUT2D eigenvalue weighted by molar-refractivity contribution is 1.17. The van der Waals surface area contributed by atoms with Gasteiger partial charge < -0.3 is 10.1 Å². The number of halogens is 1. The fourth-order valence-electron chi connectivity index (χ4n) is 2.11. The van der Waals surface area contributed by atoms with Crippen LogP contribution >= 0.6 is 11.6 Å². The Morgan fingerprint density at radius 1 is 1.16 bits per heavy atom. The van der Waals surface area contributed by atoms with E-state index in [2.05, 4.69) is 4.98 Å². The lowest BCUT2D eigenvalue weighted by Gasteiger charge is -2.00. The minimum atomic E-state index is 0.722. The summed E-state index contributed by atoms with van der Waals surface area (Å²) >= 11 is 6.05. The van der Waals surface area contributed by atoms with Crippen LogP contribution in [0.5, 0.6) is 0 Å². The largest absolute Gasteiger partial charge is 0.395 e. The standard InChI is InChI=1S/C15H14ClN3/c1-9-5-6-19-8-13(18-15(19)14(9)17)11-3-4-12(16)10(2)7-11/h3-8H,17H2,1-2H3. The minimum absolute atomic E-state index is 0.722. The molecule has 3 nitrogen and oxygen atoms in total. The summed E-state index contributed by atoms with van der Waals surface area (Å²) < 4.78 is 1.95. The van der Waals surface area contributed by atoms with E-state index in [1.54, 1.807) is 0 Å². The van der Waals surface area contributed by atoms with E-state index in [-0.39, 0.29) is 0 Å². The van der Waals surface area contributed by atoms with Crippen molar-refractivity contribution in [1.29, 1.82) is 0 Å². The normalized spacial score (nSPS) is 11.1. The molecule has 0 amide bonds. The molecule has 0 saturated heterocycles. The van der Waals surface area contributed by atoms with Crippen LogP contribution in [0.25, 0.3) is 16.9 Å². The summed E-state index contributed by atoms with van der Waals surface area (Å²) in [5.41, 5.74) is 11.6. The molecule has 19 heavy (non-hydrogen) atoms. The Labute approximate surface area is 116 Å². The minimum Gasteiger partial charge on any atom is -0.395 e. The lowest BCUT2D eigenvalue weighted by atomic mass is 10.1. The second-order valence-electron chi connectivity index (χ2n) is 4.73. The predicted octanol–water partition coefficient (Wildman–Crippen LogP) is 3.85. The average molecular weight is 272 g/mol.